The van der Waals surface area contributed by atoms with Gasteiger partial charge in [-0.05, 0) is 50.4 Å². The first-order valence-electron chi connectivity index (χ1n) is 7.29. The maximum Gasteiger partial charge on any atom is 0.118 e. The summed E-state index contributed by atoms with van der Waals surface area (Å²) in [6.07, 6.45) is 4.80. The van der Waals surface area contributed by atoms with Crippen LogP contribution in [0.1, 0.15) is 38.7 Å². The van der Waals surface area contributed by atoms with Gasteiger partial charge in [0.15, 0.2) is 0 Å². The Bertz CT molecular complexity index is 433. The molecule has 0 fully saturated rings. The molecule has 0 radical (unpaired) electrons. The first kappa shape index (κ1) is 14.1. The van der Waals surface area contributed by atoms with E-state index in [1.54, 1.807) is 18.3 Å². The Morgan fingerprint density at radius 2 is 2.00 bits per heavy atom. The summed E-state index contributed by atoms with van der Waals surface area (Å²) in [6.45, 7) is 5.68. The highest BCUT2D eigenvalue weighted by atomic mass is 16.5. The summed E-state index contributed by atoms with van der Waals surface area (Å²) in [5.74, 6) is 0.930. The van der Waals surface area contributed by atoms with Crippen LogP contribution in [0.25, 0.3) is 0 Å². The van der Waals surface area contributed by atoms with E-state index in [1.807, 2.05) is 12.1 Å². The Labute approximate surface area is 116 Å². The van der Waals surface area contributed by atoms with Crippen molar-refractivity contribution in [1.29, 1.82) is 0 Å². The molecule has 0 spiro atoms. The van der Waals surface area contributed by atoms with Crippen molar-refractivity contribution in [2.24, 2.45) is 0 Å². The molecular formula is C17H25NO. The lowest BCUT2D eigenvalue weighted by Gasteiger charge is -2.28. The van der Waals surface area contributed by atoms with Gasteiger partial charge in [-0.3, -0.25) is 0 Å². The summed E-state index contributed by atoms with van der Waals surface area (Å²) in [7, 11) is 1.71. The van der Waals surface area contributed by atoms with Crippen LogP contribution in [0.3, 0.4) is 0 Å². The number of rotatable bonds is 5. The van der Waals surface area contributed by atoms with Crippen molar-refractivity contribution in [3.63, 3.8) is 0 Å². The molecule has 1 aliphatic rings. The first-order chi connectivity index (χ1) is 9.24. The molecule has 0 amide bonds. The Morgan fingerprint density at radius 3 is 2.63 bits per heavy atom. The molecular weight excluding hydrogens is 234 g/mol. The minimum Gasteiger partial charge on any atom is -0.497 e. The van der Waals surface area contributed by atoms with E-state index in [0.717, 1.165) is 18.7 Å². The second kappa shape index (κ2) is 6.76. The Morgan fingerprint density at radius 1 is 1.26 bits per heavy atom. The molecule has 1 aromatic rings. The molecule has 1 aliphatic heterocycles. The minimum absolute atomic E-state index is 0.503. The topological polar surface area (TPSA) is 21.3 Å². The van der Waals surface area contributed by atoms with E-state index in [-0.39, 0.29) is 0 Å². The van der Waals surface area contributed by atoms with Crippen LogP contribution < -0.4 is 10.1 Å². The Kier molecular flexibility index (Phi) is 5.03. The third-order valence-electron chi connectivity index (χ3n) is 4.05. The molecule has 1 N–H and O–H groups in total. The molecule has 2 nitrogen and oxygen atoms in total. The molecule has 1 aromatic carbocycles. The van der Waals surface area contributed by atoms with Crippen molar-refractivity contribution >= 4 is 0 Å². The number of methoxy groups -OCH3 is 1. The van der Waals surface area contributed by atoms with E-state index >= 15 is 0 Å². The van der Waals surface area contributed by atoms with E-state index < -0.39 is 0 Å². The molecule has 0 saturated heterocycles. The smallest absolute Gasteiger partial charge is 0.118 e. The highest BCUT2D eigenvalue weighted by molar-refractivity contribution is 5.30. The fraction of sp³-hybridized carbons (Fsp3) is 0.529. The highest BCUT2D eigenvalue weighted by Gasteiger charge is 2.18. The maximum absolute atomic E-state index is 5.20. The average Bonchev–Trinajstić information content (AvgIpc) is 2.44. The number of ether oxygens (including phenoxy) is 1. The van der Waals surface area contributed by atoms with Crippen LogP contribution in [-0.2, 0) is 6.42 Å². The Balaban J connectivity index is 2.06. The lowest BCUT2D eigenvalue weighted by Crippen LogP contribution is -2.37. The molecule has 104 valence electrons. The monoisotopic (exact) mass is 259 g/mol. The molecule has 19 heavy (non-hydrogen) atoms. The number of hydrogen-bond donors (Lipinski definition) is 1. The number of nitrogens with one attached hydrogen (secondary N) is 1. The number of benzene rings is 1. The zero-order chi connectivity index (χ0) is 13.7. The third-order valence-corrected chi connectivity index (χ3v) is 4.05. The zero-order valence-electron chi connectivity index (χ0n) is 12.3. The normalized spacial score (nSPS) is 19.6. The van der Waals surface area contributed by atoms with Crippen LogP contribution in [0, 0.1) is 0 Å². The molecule has 0 aliphatic carbocycles. The highest BCUT2D eigenvalue weighted by Crippen LogP contribution is 2.24. The SMILES string of the molecule is CCCC1=C(C)C(Cc2ccc(OC)cc2)NCC1. The van der Waals surface area contributed by atoms with Crippen molar-refractivity contribution < 1.29 is 4.74 Å². The summed E-state index contributed by atoms with van der Waals surface area (Å²) in [5.41, 5.74) is 4.60. The van der Waals surface area contributed by atoms with Gasteiger partial charge < -0.3 is 10.1 Å². The van der Waals surface area contributed by atoms with Gasteiger partial charge in [0, 0.05) is 6.04 Å². The van der Waals surface area contributed by atoms with Gasteiger partial charge in [0.05, 0.1) is 7.11 Å². The lowest BCUT2D eigenvalue weighted by atomic mass is 9.89. The van der Waals surface area contributed by atoms with Crippen LogP contribution >= 0.6 is 0 Å². The lowest BCUT2D eigenvalue weighted by molar-refractivity contribution is 0.414. The second-order valence-corrected chi connectivity index (χ2v) is 5.35. The van der Waals surface area contributed by atoms with Crippen LogP contribution in [-0.4, -0.2) is 19.7 Å². The van der Waals surface area contributed by atoms with Crippen LogP contribution in [0.5, 0.6) is 5.75 Å². The molecule has 2 heteroatoms. The fourth-order valence-corrected chi connectivity index (χ4v) is 2.84. The maximum atomic E-state index is 5.20. The summed E-state index contributed by atoms with van der Waals surface area (Å²) in [5, 5.41) is 3.65. The van der Waals surface area contributed by atoms with Gasteiger partial charge in [-0.25, -0.2) is 0 Å². The van der Waals surface area contributed by atoms with E-state index in [0.29, 0.717) is 6.04 Å². The van der Waals surface area contributed by atoms with Gasteiger partial charge in [-0.15, -0.1) is 0 Å². The summed E-state index contributed by atoms with van der Waals surface area (Å²) in [6, 6.07) is 8.93. The summed E-state index contributed by atoms with van der Waals surface area (Å²) >= 11 is 0. The third kappa shape index (κ3) is 3.60. The van der Waals surface area contributed by atoms with Gasteiger partial charge in [0.25, 0.3) is 0 Å². The number of hydrogen-bond acceptors (Lipinski definition) is 2. The van der Waals surface area contributed by atoms with E-state index in [2.05, 4.69) is 31.3 Å². The predicted molar refractivity (Wildman–Crippen MR) is 80.7 cm³/mol. The van der Waals surface area contributed by atoms with Gasteiger partial charge in [-0.1, -0.05) is 36.6 Å². The molecule has 1 heterocycles. The summed E-state index contributed by atoms with van der Waals surface area (Å²) < 4.78 is 5.20. The largest absolute Gasteiger partial charge is 0.497 e. The first-order valence-corrected chi connectivity index (χ1v) is 7.29. The zero-order valence-corrected chi connectivity index (χ0v) is 12.3. The standard InChI is InChI=1S/C17H25NO/c1-4-5-15-10-11-18-17(13(15)2)12-14-6-8-16(19-3)9-7-14/h6-9,17-18H,4-5,10-12H2,1-3H3. The van der Waals surface area contributed by atoms with Gasteiger partial charge >= 0.3 is 0 Å². The van der Waals surface area contributed by atoms with Crippen LogP contribution in [0.15, 0.2) is 35.4 Å². The van der Waals surface area contributed by atoms with Gasteiger partial charge in [0.1, 0.15) is 5.75 Å². The van der Waals surface area contributed by atoms with E-state index in [9.17, 15) is 0 Å². The molecule has 0 bridgehead atoms. The fourth-order valence-electron chi connectivity index (χ4n) is 2.84. The average molecular weight is 259 g/mol. The molecule has 2 rings (SSSR count). The van der Waals surface area contributed by atoms with Crippen molar-refractivity contribution in [1.82, 2.24) is 5.32 Å². The molecule has 1 unspecified atom stereocenters. The van der Waals surface area contributed by atoms with Gasteiger partial charge in [0.2, 0.25) is 0 Å². The van der Waals surface area contributed by atoms with Crippen molar-refractivity contribution in [2.75, 3.05) is 13.7 Å². The molecule has 0 saturated carbocycles. The Hall–Kier alpha value is -1.28. The summed E-state index contributed by atoms with van der Waals surface area (Å²) in [4.78, 5) is 0. The molecule has 1 atom stereocenters. The van der Waals surface area contributed by atoms with Crippen LogP contribution in [0.4, 0.5) is 0 Å². The second-order valence-electron chi connectivity index (χ2n) is 5.35. The van der Waals surface area contributed by atoms with Crippen LogP contribution in [0.2, 0.25) is 0 Å². The van der Waals surface area contributed by atoms with Crippen molar-refractivity contribution in [2.45, 2.75) is 45.6 Å². The van der Waals surface area contributed by atoms with Crippen molar-refractivity contribution in [3.8, 4) is 5.75 Å². The van der Waals surface area contributed by atoms with E-state index in [4.69, 9.17) is 4.74 Å². The van der Waals surface area contributed by atoms with E-state index in [1.165, 1.54) is 24.8 Å². The molecule has 0 aromatic heterocycles. The minimum atomic E-state index is 0.503. The van der Waals surface area contributed by atoms with Crippen molar-refractivity contribution in [3.05, 3.63) is 41.0 Å². The quantitative estimate of drug-likeness (QED) is 0.814. The van der Waals surface area contributed by atoms with Gasteiger partial charge in [-0.2, -0.15) is 0 Å². The predicted octanol–water partition coefficient (Wildman–Crippen LogP) is 3.72.